The van der Waals surface area contributed by atoms with E-state index >= 15 is 0 Å². The fourth-order valence-electron chi connectivity index (χ4n) is 2.84. The first-order chi connectivity index (χ1) is 10.8. The number of hydrogen-bond acceptors (Lipinski definition) is 3. The van der Waals surface area contributed by atoms with E-state index < -0.39 is 0 Å². The van der Waals surface area contributed by atoms with Crippen LogP contribution < -0.4 is 10.1 Å². The van der Waals surface area contributed by atoms with E-state index in [1.807, 2.05) is 30.3 Å². The van der Waals surface area contributed by atoms with Crippen LogP contribution in [0, 0.1) is 12.3 Å². The highest BCUT2D eigenvalue weighted by atomic mass is 16.5. The van der Waals surface area contributed by atoms with Gasteiger partial charge in [-0.3, -0.25) is 5.32 Å². The molecule has 3 rings (SSSR count). The molecule has 2 aromatic carbocycles. The molecule has 2 aromatic rings. The van der Waals surface area contributed by atoms with Crippen molar-refractivity contribution < 1.29 is 9.53 Å². The fraction of sp³-hybridized carbons (Fsp3) is 0.211. The van der Waals surface area contributed by atoms with Gasteiger partial charge in [-0.2, -0.15) is 0 Å². The Bertz CT molecular complexity index is 716. The summed E-state index contributed by atoms with van der Waals surface area (Å²) < 4.78 is 5.59. The third-order valence-corrected chi connectivity index (χ3v) is 3.89. The highest BCUT2D eigenvalue weighted by Gasteiger charge is 2.25. The van der Waals surface area contributed by atoms with Crippen molar-refractivity contribution in [1.29, 1.82) is 0 Å². The molecule has 0 aliphatic heterocycles. The Morgan fingerprint density at radius 1 is 1.23 bits per heavy atom. The van der Waals surface area contributed by atoms with Gasteiger partial charge in [0.2, 0.25) is 0 Å². The number of esters is 1. The minimum atomic E-state index is -0.325. The van der Waals surface area contributed by atoms with Crippen LogP contribution in [0.25, 0.3) is 0 Å². The normalized spacial score (nSPS) is 15.9. The quantitative estimate of drug-likeness (QED) is 0.534. The molecule has 3 heteroatoms. The lowest BCUT2D eigenvalue weighted by atomic mass is 10.1. The maximum absolute atomic E-state index is 12.2. The van der Waals surface area contributed by atoms with Crippen molar-refractivity contribution in [2.24, 2.45) is 0 Å². The predicted octanol–water partition coefficient (Wildman–Crippen LogP) is 3.12. The van der Waals surface area contributed by atoms with Crippen LogP contribution in [-0.4, -0.2) is 12.5 Å². The van der Waals surface area contributed by atoms with Gasteiger partial charge in [0.15, 0.2) is 0 Å². The zero-order chi connectivity index (χ0) is 15.4. The van der Waals surface area contributed by atoms with Crippen LogP contribution in [0.1, 0.15) is 33.9 Å². The lowest BCUT2D eigenvalue weighted by Crippen LogP contribution is -2.19. The Kier molecular flexibility index (Phi) is 4.22. The van der Waals surface area contributed by atoms with Crippen LogP contribution in [0.4, 0.5) is 0 Å². The second-order valence-electron chi connectivity index (χ2n) is 5.26. The average molecular weight is 291 g/mol. The third kappa shape index (κ3) is 2.88. The molecule has 110 valence electrons. The molecule has 1 N–H and O–H groups in total. The number of carbonyl (C=O) groups excluding carboxylic acids is 1. The molecule has 0 radical (unpaired) electrons. The van der Waals surface area contributed by atoms with Gasteiger partial charge in [0.25, 0.3) is 0 Å². The van der Waals surface area contributed by atoms with Gasteiger partial charge in [-0.25, -0.2) is 4.79 Å². The molecule has 0 aromatic heterocycles. The summed E-state index contributed by atoms with van der Waals surface area (Å²) in [5.41, 5.74) is 2.83. The smallest absolute Gasteiger partial charge is 0.343 e. The third-order valence-electron chi connectivity index (χ3n) is 3.89. The van der Waals surface area contributed by atoms with Crippen molar-refractivity contribution in [3.63, 3.8) is 0 Å². The van der Waals surface area contributed by atoms with E-state index in [0.717, 1.165) is 18.4 Å². The van der Waals surface area contributed by atoms with Crippen molar-refractivity contribution in [3.8, 4) is 18.1 Å². The SMILES string of the molecule is C#CCNC1CCc2c(OC(=O)c3ccccc3)cccc21. The van der Waals surface area contributed by atoms with Gasteiger partial charge in [-0.15, -0.1) is 6.42 Å². The minimum absolute atomic E-state index is 0.237. The Balaban J connectivity index is 1.81. The van der Waals surface area contributed by atoms with E-state index in [2.05, 4.69) is 17.3 Å². The van der Waals surface area contributed by atoms with Crippen molar-refractivity contribution in [3.05, 3.63) is 65.2 Å². The van der Waals surface area contributed by atoms with Gasteiger partial charge in [0.1, 0.15) is 5.75 Å². The Morgan fingerprint density at radius 3 is 2.82 bits per heavy atom. The summed E-state index contributed by atoms with van der Waals surface area (Å²) >= 11 is 0. The summed E-state index contributed by atoms with van der Waals surface area (Å²) in [5, 5.41) is 3.32. The number of hydrogen-bond donors (Lipinski definition) is 1. The lowest BCUT2D eigenvalue weighted by molar-refractivity contribution is 0.0733. The standard InChI is InChI=1S/C19H17NO2/c1-2-13-20-17-12-11-16-15(17)9-6-10-18(16)22-19(21)14-7-4-3-5-8-14/h1,3-10,17,20H,11-13H2. The molecule has 22 heavy (non-hydrogen) atoms. The van der Waals surface area contributed by atoms with E-state index in [-0.39, 0.29) is 12.0 Å². The van der Waals surface area contributed by atoms with Crippen LogP contribution in [0.3, 0.4) is 0 Å². The first kappa shape index (κ1) is 14.4. The summed E-state index contributed by atoms with van der Waals surface area (Å²) in [7, 11) is 0. The minimum Gasteiger partial charge on any atom is -0.423 e. The summed E-state index contributed by atoms with van der Waals surface area (Å²) in [6.45, 7) is 0.540. The Labute approximate surface area is 130 Å². The van der Waals surface area contributed by atoms with E-state index in [9.17, 15) is 4.79 Å². The van der Waals surface area contributed by atoms with E-state index in [0.29, 0.717) is 17.9 Å². The van der Waals surface area contributed by atoms with Crippen molar-refractivity contribution >= 4 is 5.97 Å². The summed E-state index contributed by atoms with van der Waals surface area (Å²) in [5.74, 6) is 2.92. The molecule has 1 aliphatic carbocycles. The fourth-order valence-corrected chi connectivity index (χ4v) is 2.84. The molecule has 3 nitrogen and oxygen atoms in total. The highest BCUT2D eigenvalue weighted by molar-refractivity contribution is 5.91. The van der Waals surface area contributed by atoms with Crippen LogP contribution in [-0.2, 0) is 6.42 Å². The molecule has 0 saturated carbocycles. The van der Waals surface area contributed by atoms with Gasteiger partial charge in [0.05, 0.1) is 12.1 Å². The molecule has 0 amide bonds. The Morgan fingerprint density at radius 2 is 2.05 bits per heavy atom. The number of fused-ring (bicyclic) bond motifs is 1. The lowest BCUT2D eigenvalue weighted by Gasteiger charge is -2.13. The van der Waals surface area contributed by atoms with Gasteiger partial charge in [-0.1, -0.05) is 36.3 Å². The van der Waals surface area contributed by atoms with Crippen molar-refractivity contribution in [2.75, 3.05) is 6.54 Å². The van der Waals surface area contributed by atoms with Gasteiger partial charge in [-0.05, 0) is 42.2 Å². The maximum atomic E-state index is 12.2. The monoisotopic (exact) mass is 291 g/mol. The number of nitrogens with one attached hydrogen (secondary N) is 1. The summed E-state index contributed by atoms with van der Waals surface area (Å²) in [4.78, 5) is 12.2. The van der Waals surface area contributed by atoms with Crippen LogP contribution >= 0.6 is 0 Å². The predicted molar refractivity (Wildman–Crippen MR) is 85.7 cm³/mol. The zero-order valence-electron chi connectivity index (χ0n) is 12.2. The second kappa shape index (κ2) is 6.46. The van der Waals surface area contributed by atoms with Crippen LogP contribution in [0.15, 0.2) is 48.5 Å². The van der Waals surface area contributed by atoms with Gasteiger partial charge >= 0.3 is 5.97 Å². The van der Waals surface area contributed by atoms with E-state index in [1.54, 1.807) is 12.1 Å². The number of carbonyl (C=O) groups is 1. The van der Waals surface area contributed by atoms with Gasteiger partial charge in [0, 0.05) is 6.04 Å². The first-order valence-corrected chi connectivity index (χ1v) is 7.35. The van der Waals surface area contributed by atoms with E-state index in [4.69, 9.17) is 11.2 Å². The molecule has 1 atom stereocenters. The highest BCUT2D eigenvalue weighted by Crippen LogP contribution is 2.37. The van der Waals surface area contributed by atoms with Crippen molar-refractivity contribution in [1.82, 2.24) is 5.32 Å². The molecule has 0 heterocycles. The molecule has 0 bridgehead atoms. The summed E-state index contributed by atoms with van der Waals surface area (Å²) in [6.07, 6.45) is 7.16. The number of benzene rings is 2. The first-order valence-electron chi connectivity index (χ1n) is 7.35. The molecule has 0 spiro atoms. The molecule has 1 unspecified atom stereocenters. The summed E-state index contributed by atoms with van der Waals surface area (Å²) in [6, 6.07) is 15.1. The molecule has 0 fully saturated rings. The number of rotatable bonds is 4. The molecule has 1 aliphatic rings. The van der Waals surface area contributed by atoms with E-state index in [1.165, 1.54) is 5.56 Å². The van der Waals surface area contributed by atoms with Crippen LogP contribution in [0.5, 0.6) is 5.75 Å². The van der Waals surface area contributed by atoms with Crippen molar-refractivity contribution in [2.45, 2.75) is 18.9 Å². The number of terminal acetylenes is 1. The van der Waals surface area contributed by atoms with Gasteiger partial charge < -0.3 is 4.74 Å². The number of ether oxygens (including phenoxy) is 1. The molecular formula is C19H17NO2. The zero-order valence-corrected chi connectivity index (χ0v) is 12.2. The molecular weight excluding hydrogens is 274 g/mol. The van der Waals surface area contributed by atoms with Crippen LogP contribution in [0.2, 0.25) is 0 Å². The Hall–Kier alpha value is -2.57. The second-order valence-corrected chi connectivity index (χ2v) is 5.26. The average Bonchev–Trinajstić information content (AvgIpc) is 2.98. The topological polar surface area (TPSA) is 38.3 Å². The molecule has 0 saturated heterocycles. The largest absolute Gasteiger partial charge is 0.423 e. The maximum Gasteiger partial charge on any atom is 0.343 e.